The molecule has 0 saturated carbocycles. The number of unbranched alkanes of at least 4 members (excludes halogenated alkanes) is 1. The van der Waals surface area contributed by atoms with E-state index in [4.69, 9.17) is 9.47 Å². The molecule has 1 N–H and O–H groups in total. The van der Waals surface area contributed by atoms with Gasteiger partial charge < -0.3 is 24.3 Å². The first-order valence-corrected chi connectivity index (χ1v) is 12.6. The Morgan fingerprint density at radius 3 is 2.47 bits per heavy atom. The van der Waals surface area contributed by atoms with Gasteiger partial charge in [-0.25, -0.2) is 9.78 Å². The normalized spacial score (nSPS) is 14.2. The van der Waals surface area contributed by atoms with Crippen molar-refractivity contribution in [3.63, 3.8) is 0 Å². The molecule has 2 heterocycles. The fourth-order valence-corrected chi connectivity index (χ4v) is 4.21. The van der Waals surface area contributed by atoms with Crippen molar-refractivity contribution in [2.75, 3.05) is 32.8 Å². The number of hydrogen-bond donors (Lipinski definition) is 1. The highest BCUT2D eigenvalue weighted by atomic mass is 16.6. The molecule has 1 aromatic heterocycles. The summed E-state index contributed by atoms with van der Waals surface area (Å²) in [6, 6.07) is 14.2. The number of H-pyrrole nitrogens is 1. The van der Waals surface area contributed by atoms with E-state index >= 15 is 0 Å². The van der Waals surface area contributed by atoms with Crippen LogP contribution >= 0.6 is 0 Å². The molecular weight excluding hydrogens is 456 g/mol. The zero-order valence-electron chi connectivity index (χ0n) is 21.7. The third-order valence-electron chi connectivity index (χ3n) is 6.09. The lowest BCUT2D eigenvalue weighted by Gasteiger charge is -2.35. The van der Waals surface area contributed by atoms with E-state index in [2.05, 4.69) is 35.1 Å². The summed E-state index contributed by atoms with van der Waals surface area (Å²) >= 11 is 0. The highest BCUT2D eigenvalue weighted by Crippen LogP contribution is 2.18. The maximum Gasteiger partial charge on any atom is 0.410 e. The number of carbonyl (C=O) groups is 2. The molecule has 0 aliphatic carbocycles. The maximum absolute atomic E-state index is 13.0. The maximum atomic E-state index is 13.0. The first-order chi connectivity index (χ1) is 17.2. The van der Waals surface area contributed by atoms with Crippen LogP contribution in [-0.4, -0.2) is 70.2 Å². The van der Waals surface area contributed by atoms with E-state index in [1.807, 2.05) is 45.0 Å². The van der Waals surface area contributed by atoms with Crippen molar-refractivity contribution in [1.82, 2.24) is 19.8 Å². The highest BCUT2D eigenvalue weighted by Gasteiger charge is 2.29. The number of nitrogens with zero attached hydrogens (tertiary/aromatic N) is 3. The summed E-state index contributed by atoms with van der Waals surface area (Å²) < 4.78 is 11.3. The fraction of sp³-hybridized carbons (Fsp3) is 0.464. The molecule has 1 aliphatic heterocycles. The van der Waals surface area contributed by atoms with Gasteiger partial charge in [-0.2, -0.15) is 0 Å². The van der Waals surface area contributed by atoms with Gasteiger partial charge in [-0.05, 0) is 82.3 Å². The summed E-state index contributed by atoms with van der Waals surface area (Å²) in [6.07, 6.45) is 2.57. The monoisotopic (exact) mass is 492 g/mol. The van der Waals surface area contributed by atoms with E-state index in [1.54, 1.807) is 9.80 Å². The summed E-state index contributed by atoms with van der Waals surface area (Å²) in [5.41, 5.74) is 3.50. The number of rotatable bonds is 7. The van der Waals surface area contributed by atoms with E-state index in [1.165, 1.54) is 11.1 Å². The molecule has 36 heavy (non-hydrogen) atoms. The van der Waals surface area contributed by atoms with Crippen LogP contribution in [0.15, 0.2) is 42.5 Å². The van der Waals surface area contributed by atoms with Gasteiger partial charge in [0.25, 0.3) is 5.91 Å². The predicted molar refractivity (Wildman–Crippen MR) is 139 cm³/mol. The lowest BCUT2D eigenvalue weighted by Crippen LogP contribution is -2.51. The molecule has 0 unspecified atom stereocenters. The highest BCUT2D eigenvalue weighted by molar-refractivity contribution is 5.94. The van der Waals surface area contributed by atoms with Crippen LogP contribution in [0, 0.1) is 6.92 Å². The van der Waals surface area contributed by atoms with Gasteiger partial charge in [-0.3, -0.25) is 4.79 Å². The van der Waals surface area contributed by atoms with Crippen LogP contribution in [0.2, 0.25) is 0 Å². The lowest BCUT2D eigenvalue weighted by atomic mass is 10.1. The Labute approximate surface area is 212 Å². The van der Waals surface area contributed by atoms with Gasteiger partial charge in [-0.1, -0.05) is 18.2 Å². The SMILES string of the molecule is Cc1cccc(OCCCCc2ccc3nc(C(=O)N4CCN(C(=O)OC(C)(C)C)CC4)[nH]c3c2)c1. The van der Waals surface area contributed by atoms with Crippen molar-refractivity contribution in [3.8, 4) is 5.75 Å². The zero-order chi connectivity index (χ0) is 25.7. The Kier molecular flexibility index (Phi) is 7.82. The molecule has 4 rings (SSSR count). The van der Waals surface area contributed by atoms with E-state index in [-0.39, 0.29) is 12.0 Å². The number of carbonyl (C=O) groups excluding carboxylic acids is 2. The van der Waals surface area contributed by atoms with E-state index in [0.717, 1.165) is 36.0 Å². The molecule has 8 heteroatoms. The summed E-state index contributed by atoms with van der Waals surface area (Å²) in [7, 11) is 0. The van der Waals surface area contributed by atoms with E-state index in [9.17, 15) is 9.59 Å². The van der Waals surface area contributed by atoms with Crippen molar-refractivity contribution in [2.45, 2.75) is 52.6 Å². The molecule has 0 bridgehead atoms. The van der Waals surface area contributed by atoms with E-state index in [0.29, 0.717) is 38.6 Å². The number of benzene rings is 2. The number of ether oxygens (including phenoxy) is 2. The van der Waals surface area contributed by atoms with Crippen molar-refractivity contribution < 1.29 is 19.1 Å². The van der Waals surface area contributed by atoms with Crippen LogP contribution in [0.5, 0.6) is 5.75 Å². The van der Waals surface area contributed by atoms with Gasteiger partial charge >= 0.3 is 6.09 Å². The van der Waals surface area contributed by atoms with Crippen molar-refractivity contribution in [3.05, 3.63) is 59.4 Å². The molecule has 3 aromatic rings. The van der Waals surface area contributed by atoms with Crippen molar-refractivity contribution in [2.24, 2.45) is 0 Å². The van der Waals surface area contributed by atoms with Crippen LogP contribution in [0.1, 0.15) is 55.4 Å². The smallest absolute Gasteiger partial charge is 0.410 e. The summed E-state index contributed by atoms with van der Waals surface area (Å²) in [4.78, 5) is 36.4. The second-order valence-corrected chi connectivity index (χ2v) is 10.3. The topological polar surface area (TPSA) is 87.8 Å². The number of nitrogens with one attached hydrogen (secondary N) is 1. The van der Waals surface area contributed by atoms with Crippen LogP contribution in [-0.2, 0) is 11.2 Å². The van der Waals surface area contributed by atoms with Crippen LogP contribution in [0.25, 0.3) is 11.0 Å². The summed E-state index contributed by atoms with van der Waals surface area (Å²) in [5, 5.41) is 0. The molecule has 2 amide bonds. The van der Waals surface area contributed by atoms with Crippen LogP contribution in [0.3, 0.4) is 0 Å². The Balaban J connectivity index is 1.26. The number of imidazole rings is 1. The zero-order valence-corrected chi connectivity index (χ0v) is 21.7. The standard InChI is InChI=1S/C28H36N4O4/c1-20-8-7-10-22(18-20)35-17-6-5-9-21-11-12-23-24(19-21)30-25(29-23)26(33)31-13-15-32(16-14-31)27(34)36-28(2,3)4/h7-8,10-12,18-19H,5-6,9,13-17H2,1-4H3,(H,29,30). The molecule has 2 aromatic carbocycles. The summed E-state index contributed by atoms with van der Waals surface area (Å²) in [6.45, 7) is 10.1. The second kappa shape index (κ2) is 11.0. The van der Waals surface area contributed by atoms with Gasteiger partial charge in [0.1, 0.15) is 11.4 Å². The molecule has 1 fully saturated rings. The number of amides is 2. The van der Waals surface area contributed by atoms with Crippen LogP contribution in [0.4, 0.5) is 4.79 Å². The first-order valence-electron chi connectivity index (χ1n) is 12.6. The van der Waals surface area contributed by atoms with Gasteiger partial charge in [0.05, 0.1) is 17.6 Å². The van der Waals surface area contributed by atoms with Crippen molar-refractivity contribution in [1.29, 1.82) is 0 Å². The Bertz CT molecular complexity index is 1210. The molecule has 0 radical (unpaired) electrons. The Morgan fingerprint density at radius 1 is 1.00 bits per heavy atom. The summed E-state index contributed by atoms with van der Waals surface area (Å²) in [5.74, 6) is 1.10. The van der Waals surface area contributed by atoms with E-state index < -0.39 is 5.60 Å². The molecule has 1 aliphatic rings. The molecule has 1 saturated heterocycles. The number of piperazine rings is 1. The fourth-order valence-electron chi connectivity index (χ4n) is 4.21. The van der Waals surface area contributed by atoms with Gasteiger partial charge in [0.2, 0.25) is 0 Å². The Morgan fingerprint density at radius 2 is 1.75 bits per heavy atom. The number of hydrogen-bond acceptors (Lipinski definition) is 5. The largest absolute Gasteiger partial charge is 0.494 e. The molecule has 0 atom stereocenters. The van der Waals surface area contributed by atoms with Gasteiger partial charge in [0, 0.05) is 26.2 Å². The minimum atomic E-state index is -0.535. The molecule has 192 valence electrons. The first kappa shape index (κ1) is 25.5. The third kappa shape index (κ3) is 6.77. The minimum absolute atomic E-state index is 0.148. The number of aromatic nitrogens is 2. The lowest BCUT2D eigenvalue weighted by molar-refractivity contribution is 0.0139. The average molecular weight is 493 g/mol. The molecule has 8 nitrogen and oxygen atoms in total. The predicted octanol–water partition coefficient (Wildman–Crippen LogP) is 4.97. The average Bonchev–Trinajstić information content (AvgIpc) is 3.26. The quantitative estimate of drug-likeness (QED) is 0.471. The minimum Gasteiger partial charge on any atom is -0.494 e. The van der Waals surface area contributed by atoms with Crippen molar-refractivity contribution >= 4 is 23.0 Å². The number of aryl methyl sites for hydroxylation is 2. The van der Waals surface area contributed by atoms with Crippen LogP contribution < -0.4 is 4.74 Å². The molecular formula is C28H36N4O4. The Hall–Kier alpha value is -3.55. The molecule has 0 spiro atoms. The second-order valence-electron chi connectivity index (χ2n) is 10.3. The third-order valence-corrected chi connectivity index (χ3v) is 6.09. The van der Waals surface area contributed by atoms with Gasteiger partial charge in [-0.15, -0.1) is 0 Å². The van der Waals surface area contributed by atoms with Gasteiger partial charge in [0.15, 0.2) is 5.82 Å². The number of fused-ring (bicyclic) bond motifs is 1. The number of aromatic amines is 1.